The summed E-state index contributed by atoms with van der Waals surface area (Å²) in [5.74, 6) is 0.847. The number of anilines is 1. The molecule has 7 heteroatoms. The van der Waals surface area contributed by atoms with Crippen molar-refractivity contribution in [3.63, 3.8) is 0 Å². The molecule has 1 saturated heterocycles. The molecule has 5 nitrogen and oxygen atoms in total. The maximum atomic E-state index is 12.6. The van der Waals surface area contributed by atoms with Gasteiger partial charge in [-0.15, -0.1) is 11.3 Å². The summed E-state index contributed by atoms with van der Waals surface area (Å²) in [7, 11) is 0. The molecule has 1 aromatic heterocycles. The number of phenols is 1. The van der Waals surface area contributed by atoms with Crippen LogP contribution in [0, 0.1) is 0 Å². The third kappa shape index (κ3) is 4.48. The number of phenolic OH excluding ortho intramolecular Hbond substituents is 1. The Morgan fingerprint density at radius 3 is 2.46 bits per heavy atom. The van der Waals surface area contributed by atoms with Gasteiger partial charge in [0.15, 0.2) is 4.34 Å². The zero-order valence-corrected chi connectivity index (χ0v) is 17.0. The van der Waals surface area contributed by atoms with Gasteiger partial charge >= 0.3 is 0 Å². The number of nitrogens with zero attached hydrogens (tertiary/aromatic N) is 3. The van der Waals surface area contributed by atoms with E-state index in [-0.39, 0.29) is 11.7 Å². The molecule has 0 unspecified atom stereocenters. The topological polar surface area (TPSA) is 56.7 Å². The number of aromatic hydroxyl groups is 1. The van der Waals surface area contributed by atoms with Crippen LogP contribution >= 0.6 is 23.1 Å². The summed E-state index contributed by atoms with van der Waals surface area (Å²) in [5, 5.41) is 11.5. The Morgan fingerprint density at radius 1 is 1.04 bits per heavy atom. The van der Waals surface area contributed by atoms with Gasteiger partial charge < -0.3 is 14.9 Å². The molecule has 1 fully saturated rings. The normalized spacial score (nSPS) is 14.3. The molecule has 144 valence electrons. The number of carbonyl (C=O) groups is 1. The summed E-state index contributed by atoms with van der Waals surface area (Å²) in [6.07, 6.45) is 0. The van der Waals surface area contributed by atoms with Gasteiger partial charge in [-0.1, -0.05) is 42.1 Å². The van der Waals surface area contributed by atoms with E-state index in [1.807, 2.05) is 52.7 Å². The molecule has 0 bridgehead atoms. The van der Waals surface area contributed by atoms with E-state index in [1.165, 1.54) is 11.8 Å². The molecule has 2 aromatic carbocycles. The summed E-state index contributed by atoms with van der Waals surface area (Å²) >= 11 is 3.10. The van der Waals surface area contributed by atoms with Crippen LogP contribution in [0.5, 0.6) is 5.75 Å². The molecule has 1 N–H and O–H groups in total. The number of benzene rings is 2. The molecule has 0 radical (unpaired) electrons. The van der Waals surface area contributed by atoms with Crippen molar-refractivity contribution in [2.45, 2.75) is 4.34 Å². The standard InChI is InChI=1S/C21H21N3O2S2/c25-18-8-6-17(7-9-18)23-10-12-24(13-11-23)20(26)15-28-21-22-19(14-27-21)16-4-2-1-3-5-16/h1-9,14,25H,10-13,15H2. The monoisotopic (exact) mass is 411 g/mol. The molecule has 0 aliphatic carbocycles. The SMILES string of the molecule is O=C(CSc1nc(-c2ccccc2)cs1)N1CCN(c2ccc(O)cc2)CC1. The number of amides is 1. The minimum absolute atomic E-state index is 0.159. The number of thiazole rings is 1. The van der Waals surface area contributed by atoms with Crippen molar-refractivity contribution in [3.05, 3.63) is 60.0 Å². The van der Waals surface area contributed by atoms with E-state index in [9.17, 15) is 9.90 Å². The number of thioether (sulfide) groups is 1. The molecule has 0 atom stereocenters. The van der Waals surface area contributed by atoms with Crippen LogP contribution in [0.2, 0.25) is 0 Å². The van der Waals surface area contributed by atoms with Crippen molar-refractivity contribution in [3.8, 4) is 17.0 Å². The van der Waals surface area contributed by atoms with Crippen LogP contribution < -0.4 is 4.90 Å². The summed E-state index contributed by atoms with van der Waals surface area (Å²) in [5.41, 5.74) is 3.14. The lowest BCUT2D eigenvalue weighted by atomic mass is 10.2. The number of piperazine rings is 1. The van der Waals surface area contributed by atoms with Crippen molar-refractivity contribution in [2.75, 3.05) is 36.8 Å². The van der Waals surface area contributed by atoms with Crippen LogP contribution in [0.15, 0.2) is 64.3 Å². The zero-order chi connectivity index (χ0) is 19.3. The molecule has 1 aliphatic heterocycles. The Labute approximate surface area is 172 Å². The second-order valence-corrected chi connectivity index (χ2v) is 8.62. The third-order valence-electron chi connectivity index (χ3n) is 4.72. The van der Waals surface area contributed by atoms with Gasteiger partial charge in [0.1, 0.15) is 5.75 Å². The van der Waals surface area contributed by atoms with E-state index in [1.54, 1.807) is 23.5 Å². The highest BCUT2D eigenvalue weighted by molar-refractivity contribution is 8.01. The Bertz CT molecular complexity index is 920. The van der Waals surface area contributed by atoms with E-state index in [0.29, 0.717) is 18.8 Å². The van der Waals surface area contributed by atoms with Gasteiger partial charge in [-0.25, -0.2) is 4.98 Å². The van der Waals surface area contributed by atoms with Gasteiger partial charge in [-0.05, 0) is 24.3 Å². The van der Waals surface area contributed by atoms with Crippen molar-refractivity contribution in [1.82, 2.24) is 9.88 Å². The average Bonchev–Trinajstić information content (AvgIpc) is 3.22. The summed E-state index contributed by atoms with van der Waals surface area (Å²) in [4.78, 5) is 21.4. The van der Waals surface area contributed by atoms with Crippen molar-refractivity contribution < 1.29 is 9.90 Å². The van der Waals surface area contributed by atoms with E-state index < -0.39 is 0 Å². The summed E-state index contributed by atoms with van der Waals surface area (Å²) in [6.45, 7) is 3.04. The van der Waals surface area contributed by atoms with E-state index >= 15 is 0 Å². The molecule has 1 amide bonds. The van der Waals surface area contributed by atoms with Gasteiger partial charge in [0.25, 0.3) is 0 Å². The fraction of sp³-hybridized carbons (Fsp3) is 0.238. The average molecular weight is 412 g/mol. The lowest BCUT2D eigenvalue weighted by molar-refractivity contribution is -0.128. The van der Waals surface area contributed by atoms with E-state index in [4.69, 9.17) is 0 Å². The molecular weight excluding hydrogens is 390 g/mol. The fourth-order valence-corrected chi connectivity index (χ4v) is 4.90. The zero-order valence-electron chi connectivity index (χ0n) is 15.3. The Morgan fingerprint density at radius 2 is 1.75 bits per heavy atom. The van der Waals surface area contributed by atoms with Crippen molar-refractivity contribution in [2.24, 2.45) is 0 Å². The lowest BCUT2D eigenvalue weighted by Crippen LogP contribution is -2.49. The molecule has 0 spiro atoms. The number of hydrogen-bond acceptors (Lipinski definition) is 6. The van der Waals surface area contributed by atoms with E-state index in [2.05, 4.69) is 9.88 Å². The highest BCUT2D eigenvalue weighted by atomic mass is 32.2. The second-order valence-electron chi connectivity index (χ2n) is 6.54. The quantitative estimate of drug-likeness (QED) is 0.644. The number of rotatable bonds is 5. The van der Waals surface area contributed by atoms with Gasteiger partial charge in [0.2, 0.25) is 5.91 Å². The first-order valence-electron chi connectivity index (χ1n) is 9.14. The predicted molar refractivity (Wildman–Crippen MR) is 115 cm³/mol. The Hall–Kier alpha value is -2.51. The first-order chi connectivity index (χ1) is 13.7. The minimum atomic E-state index is 0.159. The van der Waals surface area contributed by atoms with Crippen LogP contribution in [-0.4, -0.2) is 52.8 Å². The minimum Gasteiger partial charge on any atom is -0.508 e. The Balaban J connectivity index is 1.27. The molecule has 4 rings (SSSR count). The maximum absolute atomic E-state index is 12.6. The largest absolute Gasteiger partial charge is 0.508 e. The highest BCUT2D eigenvalue weighted by Crippen LogP contribution is 2.28. The first kappa shape index (κ1) is 18.8. The van der Waals surface area contributed by atoms with Crippen molar-refractivity contribution >= 4 is 34.7 Å². The van der Waals surface area contributed by atoms with Gasteiger partial charge in [-0.2, -0.15) is 0 Å². The molecule has 2 heterocycles. The summed E-state index contributed by atoms with van der Waals surface area (Å²) in [6, 6.07) is 17.3. The molecule has 0 saturated carbocycles. The number of aromatic nitrogens is 1. The van der Waals surface area contributed by atoms with Crippen LogP contribution in [0.25, 0.3) is 11.3 Å². The molecular formula is C21H21N3O2S2. The highest BCUT2D eigenvalue weighted by Gasteiger charge is 2.21. The molecule has 3 aromatic rings. The molecule has 1 aliphatic rings. The smallest absolute Gasteiger partial charge is 0.233 e. The van der Waals surface area contributed by atoms with Gasteiger partial charge in [0.05, 0.1) is 11.4 Å². The van der Waals surface area contributed by atoms with Crippen LogP contribution in [0.3, 0.4) is 0 Å². The van der Waals surface area contributed by atoms with Gasteiger partial charge in [0, 0.05) is 42.8 Å². The second kappa shape index (κ2) is 8.67. The summed E-state index contributed by atoms with van der Waals surface area (Å²) < 4.78 is 0.926. The van der Waals surface area contributed by atoms with Crippen molar-refractivity contribution in [1.29, 1.82) is 0 Å². The lowest BCUT2D eigenvalue weighted by Gasteiger charge is -2.36. The predicted octanol–water partition coefficient (Wildman–Crippen LogP) is 3.96. The van der Waals surface area contributed by atoms with Crippen LogP contribution in [0.4, 0.5) is 5.69 Å². The fourth-order valence-electron chi connectivity index (χ4n) is 3.16. The first-order valence-corrected chi connectivity index (χ1v) is 11.0. The van der Waals surface area contributed by atoms with E-state index in [0.717, 1.165) is 34.4 Å². The van der Waals surface area contributed by atoms with Crippen LogP contribution in [0.1, 0.15) is 0 Å². The van der Waals surface area contributed by atoms with Crippen LogP contribution in [-0.2, 0) is 4.79 Å². The Kier molecular flexibility index (Phi) is 5.83. The van der Waals surface area contributed by atoms with Gasteiger partial charge in [-0.3, -0.25) is 4.79 Å². The number of carbonyl (C=O) groups excluding carboxylic acids is 1. The maximum Gasteiger partial charge on any atom is 0.233 e. The third-order valence-corrected chi connectivity index (χ3v) is 6.72. The number of hydrogen-bond donors (Lipinski definition) is 1. The molecule has 28 heavy (non-hydrogen) atoms.